The first kappa shape index (κ1) is 18.9. The van der Waals surface area contributed by atoms with E-state index in [-0.39, 0.29) is 11.7 Å². The van der Waals surface area contributed by atoms with Gasteiger partial charge in [-0.1, -0.05) is 18.2 Å². The Bertz CT molecular complexity index is 972. The molecule has 0 saturated carbocycles. The van der Waals surface area contributed by atoms with E-state index in [2.05, 4.69) is 19.8 Å². The SMILES string of the molecule is CN(C(=O)c1cc(N2CCN(c3ccc(F)cc3)CC2)ncn1)c1ccccc1. The van der Waals surface area contributed by atoms with Gasteiger partial charge in [-0.3, -0.25) is 4.79 Å². The van der Waals surface area contributed by atoms with Gasteiger partial charge in [0.1, 0.15) is 23.7 Å². The van der Waals surface area contributed by atoms with Crippen molar-refractivity contribution in [1.29, 1.82) is 0 Å². The van der Waals surface area contributed by atoms with Crippen molar-refractivity contribution in [2.24, 2.45) is 0 Å². The third-order valence-corrected chi connectivity index (χ3v) is 5.12. The highest BCUT2D eigenvalue weighted by molar-refractivity contribution is 6.04. The first-order valence-corrected chi connectivity index (χ1v) is 9.52. The van der Waals surface area contributed by atoms with Crippen molar-refractivity contribution >= 4 is 23.1 Å². The summed E-state index contributed by atoms with van der Waals surface area (Å²) in [6, 6.07) is 17.8. The lowest BCUT2D eigenvalue weighted by Crippen LogP contribution is -2.47. The van der Waals surface area contributed by atoms with Crippen molar-refractivity contribution in [3.8, 4) is 0 Å². The van der Waals surface area contributed by atoms with Gasteiger partial charge in [0, 0.05) is 50.7 Å². The minimum absolute atomic E-state index is 0.176. The van der Waals surface area contributed by atoms with Gasteiger partial charge in [-0.25, -0.2) is 14.4 Å². The maximum atomic E-state index is 13.1. The largest absolute Gasteiger partial charge is 0.368 e. The molecule has 0 N–H and O–H groups in total. The molecule has 1 amide bonds. The van der Waals surface area contributed by atoms with Crippen molar-refractivity contribution in [3.63, 3.8) is 0 Å². The Hall–Kier alpha value is -3.48. The van der Waals surface area contributed by atoms with Crippen LogP contribution in [0.3, 0.4) is 0 Å². The summed E-state index contributed by atoms with van der Waals surface area (Å²) in [5.41, 5.74) is 2.18. The van der Waals surface area contributed by atoms with E-state index in [0.29, 0.717) is 5.69 Å². The third-order valence-electron chi connectivity index (χ3n) is 5.12. The first-order chi connectivity index (χ1) is 14.1. The summed E-state index contributed by atoms with van der Waals surface area (Å²) in [5, 5.41) is 0. The molecule has 0 atom stereocenters. The molecule has 0 bridgehead atoms. The average molecular weight is 391 g/mol. The molecular weight excluding hydrogens is 369 g/mol. The lowest BCUT2D eigenvalue weighted by atomic mass is 10.2. The van der Waals surface area contributed by atoms with Crippen LogP contribution in [0.2, 0.25) is 0 Å². The molecule has 1 aliphatic rings. The number of benzene rings is 2. The molecule has 29 heavy (non-hydrogen) atoms. The van der Waals surface area contributed by atoms with Gasteiger partial charge < -0.3 is 14.7 Å². The van der Waals surface area contributed by atoms with Gasteiger partial charge in [-0.05, 0) is 36.4 Å². The first-order valence-electron chi connectivity index (χ1n) is 9.52. The van der Waals surface area contributed by atoms with Gasteiger partial charge in [0.15, 0.2) is 0 Å². The topological polar surface area (TPSA) is 52.6 Å². The second-order valence-electron chi connectivity index (χ2n) is 6.91. The lowest BCUT2D eigenvalue weighted by Gasteiger charge is -2.36. The van der Waals surface area contributed by atoms with E-state index in [1.54, 1.807) is 30.1 Å². The van der Waals surface area contributed by atoms with Gasteiger partial charge >= 0.3 is 0 Å². The summed E-state index contributed by atoms with van der Waals surface area (Å²) in [4.78, 5) is 27.3. The van der Waals surface area contributed by atoms with Crippen LogP contribution in [0.4, 0.5) is 21.6 Å². The summed E-state index contributed by atoms with van der Waals surface area (Å²) in [6.45, 7) is 3.11. The monoisotopic (exact) mass is 391 g/mol. The highest BCUT2D eigenvalue weighted by Gasteiger charge is 2.21. The van der Waals surface area contributed by atoms with Gasteiger partial charge in [-0.15, -0.1) is 0 Å². The van der Waals surface area contributed by atoms with Crippen LogP contribution in [0.25, 0.3) is 0 Å². The van der Waals surface area contributed by atoms with Crippen LogP contribution >= 0.6 is 0 Å². The summed E-state index contributed by atoms with van der Waals surface area (Å²) < 4.78 is 13.1. The lowest BCUT2D eigenvalue weighted by molar-refractivity contribution is 0.0988. The molecule has 0 spiro atoms. The van der Waals surface area contributed by atoms with E-state index < -0.39 is 0 Å². The third kappa shape index (κ3) is 4.18. The Kier molecular flexibility index (Phi) is 5.37. The normalized spacial score (nSPS) is 14.0. The Morgan fingerprint density at radius 3 is 2.28 bits per heavy atom. The number of nitrogens with zero attached hydrogens (tertiary/aromatic N) is 5. The Morgan fingerprint density at radius 1 is 0.931 bits per heavy atom. The molecule has 2 aromatic carbocycles. The smallest absolute Gasteiger partial charge is 0.276 e. The fourth-order valence-corrected chi connectivity index (χ4v) is 3.42. The molecule has 1 fully saturated rings. The highest BCUT2D eigenvalue weighted by atomic mass is 19.1. The number of hydrogen-bond donors (Lipinski definition) is 0. The van der Waals surface area contributed by atoms with Gasteiger partial charge in [0.05, 0.1) is 0 Å². The molecule has 7 heteroatoms. The molecule has 1 aromatic heterocycles. The Balaban J connectivity index is 1.44. The minimum Gasteiger partial charge on any atom is -0.368 e. The second-order valence-corrected chi connectivity index (χ2v) is 6.91. The zero-order valence-electron chi connectivity index (χ0n) is 16.2. The quantitative estimate of drug-likeness (QED) is 0.684. The van der Waals surface area contributed by atoms with Crippen molar-refractivity contribution in [2.75, 3.05) is 47.9 Å². The number of carbonyl (C=O) groups is 1. The molecular formula is C22H22FN5O. The standard InChI is InChI=1S/C22H22FN5O/c1-26(18-5-3-2-4-6-18)22(29)20-15-21(25-16-24-20)28-13-11-27(12-14-28)19-9-7-17(23)8-10-19/h2-10,15-16H,11-14H2,1H3. The van der Waals surface area contributed by atoms with E-state index in [1.807, 2.05) is 30.3 Å². The zero-order valence-corrected chi connectivity index (χ0v) is 16.2. The van der Waals surface area contributed by atoms with Crippen LogP contribution in [0.15, 0.2) is 67.0 Å². The number of carbonyl (C=O) groups excluding carboxylic acids is 1. The molecule has 3 aromatic rings. The van der Waals surface area contributed by atoms with Gasteiger partial charge in [0.25, 0.3) is 5.91 Å². The van der Waals surface area contributed by atoms with E-state index >= 15 is 0 Å². The number of halogens is 1. The van der Waals surface area contributed by atoms with E-state index in [9.17, 15) is 9.18 Å². The summed E-state index contributed by atoms with van der Waals surface area (Å²) in [7, 11) is 1.74. The maximum Gasteiger partial charge on any atom is 0.276 e. The number of piperazine rings is 1. The Morgan fingerprint density at radius 2 is 1.59 bits per heavy atom. The Labute approximate surface area is 169 Å². The van der Waals surface area contributed by atoms with E-state index in [1.165, 1.54) is 18.5 Å². The molecule has 148 valence electrons. The van der Waals surface area contributed by atoms with E-state index in [4.69, 9.17) is 0 Å². The van der Waals surface area contributed by atoms with Crippen LogP contribution < -0.4 is 14.7 Å². The molecule has 2 heterocycles. The van der Waals surface area contributed by atoms with Crippen LogP contribution in [0.5, 0.6) is 0 Å². The van der Waals surface area contributed by atoms with Gasteiger partial charge in [0.2, 0.25) is 0 Å². The number of hydrogen-bond acceptors (Lipinski definition) is 5. The van der Waals surface area contributed by atoms with Crippen molar-refractivity contribution in [1.82, 2.24) is 9.97 Å². The van der Waals surface area contributed by atoms with Crippen LogP contribution in [-0.2, 0) is 0 Å². The van der Waals surface area contributed by atoms with Crippen molar-refractivity contribution < 1.29 is 9.18 Å². The predicted octanol–water partition coefficient (Wildman–Crippen LogP) is 3.22. The molecule has 6 nitrogen and oxygen atoms in total. The molecule has 0 radical (unpaired) electrons. The van der Waals surface area contributed by atoms with E-state index in [0.717, 1.165) is 43.4 Å². The summed E-state index contributed by atoms with van der Waals surface area (Å²) in [6.07, 6.45) is 1.44. The minimum atomic E-state index is -0.231. The number of rotatable bonds is 4. The summed E-state index contributed by atoms with van der Waals surface area (Å²) in [5.74, 6) is 0.333. The predicted molar refractivity (Wildman–Crippen MR) is 112 cm³/mol. The summed E-state index contributed by atoms with van der Waals surface area (Å²) >= 11 is 0. The van der Waals surface area contributed by atoms with Crippen LogP contribution in [-0.4, -0.2) is 49.1 Å². The fourth-order valence-electron chi connectivity index (χ4n) is 3.42. The molecule has 1 aliphatic heterocycles. The zero-order chi connectivity index (χ0) is 20.2. The second kappa shape index (κ2) is 8.26. The maximum absolute atomic E-state index is 13.1. The molecule has 1 saturated heterocycles. The number of anilines is 3. The molecule has 0 unspecified atom stereocenters. The number of amides is 1. The van der Waals surface area contributed by atoms with Gasteiger partial charge in [-0.2, -0.15) is 0 Å². The van der Waals surface area contributed by atoms with Crippen molar-refractivity contribution in [2.45, 2.75) is 0 Å². The average Bonchev–Trinajstić information content (AvgIpc) is 2.79. The number of aromatic nitrogens is 2. The number of para-hydroxylation sites is 1. The highest BCUT2D eigenvalue weighted by Crippen LogP contribution is 2.21. The van der Waals surface area contributed by atoms with Crippen LogP contribution in [0, 0.1) is 5.82 Å². The molecule has 0 aliphatic carbocycles. The van der Waals surface area contributed by atoms with Crippen LogP contribution in [0.1, 0.15) is 10.5 Å². The fraction of sp³-hybridized carbons (Fsp3) is 0.227. The van der Waals surface area contributed by atoms with Crippen molar-refractivity contribution in [3.05, 3.63) is 78.5 Å². The molecule has 4 rings (SSSR count).